The molecule has 0 aromatic carbocycles. The second-order valence-electron chi connectivity index (χ2n) is 7.16. The molecule has 0 aliphatic heterocycles. The molecule has 1 heterocycles. The normalized spacial score (nSPS) is 21.1. The Morgan fingerprint density at radius 2 is 2.17 bits per heavy atom. The summed E-state index contributed by atoms with van der Waals surface area (Å²) < 4.78 is 5.28. The minimum absolute atomic E-state index is 0.326. The maximum Gasteiger partial charge on any atom is 0.407 e. The van der Waals surface area contributed by atoms with E-state index >= 15 is 0 Å². The van der Waals surface area contributed by atoms with E-state index in [1.54, 1.807) is 6.20 Å². The number of nitrogens with one attached hydrogen (secondary N) is 2. The smallest absolute Gasteiger partial charge is 0.407 e. The highest BCUT2D eigenvalue weighted by atomic mass is 35.5. The van der Waals surface area contributed by atoms with Gasteiger partial charge < -0.3 is 15.4 Å². The Kier molecular flexibility index (Phi) is 5.74. The molecule has 1 aromatic heterocycles. The van der Waals surface area contributed by atoms with Gasteiger partial charge >= 0.3 is 6.09 Å². The van der Waals surface area contributed by atoms with Crippen LogP contribution in [0.25, 0.3) is 0 Å². The monoisotopic (exact) mass is 339 g/mol. The van der Waals surface area contributed by atoms with Crippen LogP contribution in [0.1, 0.15) is 45.6 Å². The van der Waals surface area contributed by atoms with Gasteiger partial charge in [0, 0.05) is 12.6 Å². The summed E-state index contributed by atoms with van der Waals surface area (Å²) in [6.07, 6.45) is 4.73. The molecule has 0 radical (unpaired) electrons. The zero-order chi connectivity index (χ0) is 17.0. The first-order valence-corrected chi connectivity index (χ1v) is 8.48. The van der Waals surface area contributed by atoms with Crippen LogP contribution in [0.15, 0.2) is 12.3 Å². The van der Waals surface area contributed by atoms with Crippen LogP contribution in [-0.4, -0.2) is 29.3 Å². The molecule has 0 spiro atoms. The molecule has 1 aliphatic carbocycles. The molecule has 1 saturated carbocycles. The van der Waals surface area contributed by atoms with E-state index in [1.165, 1.54) is 0 Å². The van der Waals surface area contributed by atoms with E-state index in [0.717, 1.165) is 30.5 Å². The quantitative estimate of drug-likeness (QED) is 0.809. The molecule has 1 fully saturated rings. The van der Waals surface area contributed by atoms with E-state index in [1.807, 2.05) is 33.8 Å². The second kappa shape index (κ2) is 7.39. The first kappa shape index (κ1) is 17.9. The lowest BCUT2D eigenvalue weighted by molar-refractivity contribution is 0.0519. The van der Waals surface area contributed by atoms with E-state index in [0.29, 0.717) is 23.7 Å². The highest BCUT2D eigenvalue weighted by Crippen LogP contribution is 2.29. The topological polar surface area (TPSA) is 63.2 Å². The lowest BCUT2D eigenvalue weighted by atomic mass is 10.0. The highest BCUT2D eigenvalue weighted by Gasteiger charge is 2.28. The minimum Gasteiger partial charge on any atom is -0.444 e. The van der Waals surface area contributed by atoms with Crippen LogP contribution in [0, 0.1) is 12.8 Å². The summed E-state index contributed by atoms with van der Waals surface area (Å²) in [5.74, 6) is 0.388. The van der Waals surface area contributed by atoms with E-state index in [9.17, 15) is 4.79 Å². The molecule has 6 heteroatoms. The van der Waals surface area contributed by atoms with Crippen molar-refractivity contribution < 1.29 is 9.53 Å². The van der Waals surface area contributed by atoms with Crippen LogP contribution >= 0.6 is 11.6 Å². The maximum absolute atomic E-state index is 11.8. The molecular formula is C17H26ClN3O2. The summed E-state index contributed by atoms with van der Waals surface area (Å²) in [5.41, 5.74) is 1.46. The summed E-state index contributed by atoms with van der Waals surface area (Å²) in [5, 5.41) is 6.93. The van der Waals surface area contributed by atoms with Crippen molar-refractivity contribution in [2.45, 2.75) is 58.6 Å². The van der Waals surface area contributed by atoms with Gasteiger partial charge in [-0.25, -0.2) is 9.78 Å². The SMILES string of the molecule is Cc1cc(NC2CCCC2CNC(=O)OC(C)(C)C)cnc1Cl. The van der Waals surface area contributed by atoms with Crippen LogP contribution in [0.5, 0.6) is 0 Å². The number of carbonyl (C=O) groups is 1. The van der Waals surface area contributed by atoms with Crippen LogP contribution in [0.4, 0.5) is 10.5 Å². The number of carbonyl (C=O) groups excluding carboxylic acids is 1. The van der Waals surface area contributed by atoms with Gasteiger partial charge in [0.2, 0.25) is 0 Å². The van der Waals surface area contributed by atoms with Crippen molar-refractivity contribution in [3.63, 3.8) is 0 Å². The first-order valence-electron chi connectivity index (χ1n) is 8.10. The van der Waals surface area contributed by atoms with Gasteiger partial charge in [-0.15, -0.1) is 0 Å². The number of anilines is 1. The summed E-state index contributed by atoms with van der Waals surface area (Å²) in [6, 6.07) is 2.33. The lowest BCUT2D eigenvalue weighted by Crippen LogP contribution is -2.38. The maximum atomic E-state index is 11.8. The fourth-order valence-electron chi connectivity index (χ4n) is 2.85. The standard InChI is InChI=1S/C17H26ClN3O2/c1-11-8-13(10-19-15(11)18)21-14-7-5-6-12(14)9-20-16(22)23-17(2,3)4/h8,10,12,14,21H,5-7,9H2,1-4H3,(H,20,22). The molecule has 2 atom stereocenters. The van der Waals surface area contributed by atoms with Gasteiger partial charge in [-0.1, -0.05) is 18.0 Å². The number of amides is 1. The van der Waals surface area contributed by atoms with Crippen LogP contribution in [0.3, 0.4) is 0 Å². The van der Waals surface area contributed by atoms with Crippen LogP contribution < -0.4 is 10.6 Å². The van der Waals surface area contributed by atoms with Crippen molar-refractivity contribution in [2.75, 3.05) is 11.9 Å². The number of alkyl carbamates (subject to hydrolysis) is 1. The fraction of sp³-hybridized carbons (Fsp3) is 0.647. The number of pyridine rings is 1. The van der Waals surface area contributed by atoms with E-state index in [-0.39, 0.29) is 6.09 Å². The number of ether oxygens (including phenoxy) is 1. The van der Waals surface area contributed by atoms with Crippen molar-refractivity contribution in [2.24, 2.45) is 5.92 Å². The summed E-state index contributed by atoms with van der Waals surface area (Å²) in [7, 11) is 0. The van der Waals surface area contributed by atoms with Gasteiger partial charge in [-0.2, -0.15) is 0 Å². The van der Waals surface area contributed by atoms with E-state index in [4.69, 9.17) is 16.3 Å². The number of aromatic nitrogens is 1. The number of nitrogens with zero attached hydrogens (tertiary/aromatic N) is 1. The third-order valence-corrected chi connectivity index (χ3v) is 4.33. The van der Waals surface area contributed by atoms with Crippen molar-refractivity contribution in [3.8, 4) is 0 Å². The molecule has 2 unspecified atom stereocenters. The average Bonchev–Trinajstić information content (AvgIpc) is 2.86. The molecular weight excluding hydrogens is 314 g/mol. The second-order valence-corrected chi connectivity index (χ2v) is 7.51. The van der Waals surface area contributed by atoms with Crippen molar-refractivity contribution >= 4 is 23.4 Å². The van der Waals surface area contributed by atoms with Crippen molar-refractivity contribution in [3.05, 3.63) is 23.0 Å². The fourth-order valence-corrected chi connectivity index (χ4v) is 2.95. The minimum atomic E-state index is -0.468. The zero-order valence-electron chi connectivity index (χ0n) is 14.3. The van der Waals surface area contributed by atoms with Crippen molar-refractivity contribution in [1.82, 2.24) is 10.3 Å². The number of halogens is 1. The lowest BCUT2D eigenvalue weighted by Gasteiger charge is -2.24. The Morgan fingerprint density at radius 1 is 1.43 bits per heavy atom. The third-order valence-electron chi connectivity index (χ3n) is 3.93. The largest absolute Gasteiger partial charge is 0.444 e. The number of hydrogen-bond acceptors (Lipinski definition) is 4. The Bertz CT molecular complexity index is 557. The Balaban J connectivity index is 1.87. The predicted octanol–water partition coefficient (Wildman–Crippen LogP) is 4.15. The molecule has 1 aliphatic rings. The average molecular weight is 340 g/mol. The number of hydrogen-bond donors (Lipinski definition) is 2. The molecule has 2 rings (SSSR count). The van der Waals surface area contributed by atoms with Gasteiger partial charge in [-0.3, -0.25) is 0 Å². The van der Waals surface area contributed by atoms with E-state index < -0.39 is 5.60 Å². The molecule has 0 saturated heterocycles. The van der Waals surface area contributed by atoms with Crippen molar-refractivity contribution in [1.29, 1.82) is 0 Å². The molecule has 128 valence electrons. The molecule has 2 N–H and O–H groups in total. The molecule has 23 heavy (non-hydrogen) atoms. The predicted molar refractivity (Wildman–Crippen MR) is 93.0 cm³/mol. The molecule has 0 bridgehead atoms. The van der Waals surface area contributed by atoms with Gasteiger partial charge in [0.05, 0.1) is 11.9 Å². The molecule has 1 aromatic rings. The van der Waals surface area contributed by atoms with Gasteiger partial charge in [-0.05, 0) is 58.1 Å². The highest BCUT2D eigenvalue weighted by molar-refractivity contribution is 6.30. The number of rotatable bonds is 4. The summed E-state index contributed by atoms with van der Waals surface area (Å²) in [4.78, 5) is 16.0. The first-order chi connectivity index (χ1) is 10.7. The van der Waals surface area contributed by atoms with Gasteiger partial charge in [0.25, 0.3) is 0 Å². The Hall–Kier alpha value is -1.49. The zero-order valence-corrected chi connectivity index (χ0v) is 15.0. The summed E-state index contributed by atoms with van der Waals surface area (Å²) in [6.45, 7) is 8.15. The third kappa shape index (κ3) is 5.57. The van der Waals surface area contributed by atoms with Crippen LogP contribution in [-0.2, 0) is 4.74 Å². The number of aryl methyl sites for hydroxylation is 1. The molecule has 5 nitrogen and oxygen atoms in total. The van der Waals surface area contributed by atoms with Gasteiger partial charge in [0.15, 0.2) is 0 Å². The van der Waals surface area contributed by atoms with E-state index in [2.05, 4.69) is 15.6 Å². The van der Waals surface area contributed by atoms with Crippen LogP contribution in [0.2, 0.25) is 5.15 Å². The summed E-state index contributed by atoms with van der Waals surface area (Å²) >= 11 is 5.96. The molecule has 1 amide bonds. The Labute approximate surface area is 143 Å². The van der Waals surface area contributed by atoms with Gasteiger partial charge in [0.1, 0.15) is 10.8 Å². The Morgan fingerprint density at radius 3 is 2.83 bits per heavy atom.